The normalized spacial score (nSPS) is 11.1. The van der Waals surface area contributed by atoms with Crippen LogP contribution in [0.25, 0.3) is 5.69 Å². The van der Waals surface area contributed by atoms with E-state index in [4.69, 9.17) is 9.62 Å². The molecule has 35 heavy (non-hydrogen) atoms. The van der Waals surface area contributed by atoms with E-state index in [1.165, 1.54) is 24.3 Å². The van der Waals surface area contributed by atoms with Crippen LogP contribution >= 0.6 is 0 Å². The fourth-order valence-electron chi connectivity index (χ4n) is 2.87. The minimum absolute atomic E-state index is 0.0580. The van der Waals surface area contributed by atoms with Crippen molar-refractivity contribution in [1.82, 2.24) is 9.13 Å². The lowest BCUT2D eigenvalue weighted by Crippen LogP contribution is -2.41. The average molecular weight is 499 g/mol. The van der Waals surface area contributed by atoms with E-state index in [1.807, 2.05) is 0 Å². The molecule has 3 rings (SSSR count). The Morgan fingerprint density at radius 2 is 1.69 bits per heavy atom. The number of aromatic nitrogens is 2. The summed E-state index contributed by atoms with van der Waals surface area (Å²) in [5.41, 5.74) is -6.56. The van der Waals surface area contributed by atoms with E-state index in [1.54, 1.807) is 0 Å². The summed E-state index contributed by atoms with van der Waals surface area (Å²) in [5.74, 6) is -3.51. The molecule has 0 bridgehead atoms. The highest BCUT2D eigenvalue weighted by molar-refractivity contribution is 5.65. The van der Waals surface area contributed by atoms with Crippen molar-refractivity contribution in [3.05, 3.63) is 84.9 Å². The fraction of sp³-hybridized carbons (Fsp3) is 0.150. The molecule has 184 valence electrons. The lowest BCUT2D eigenvalue weighted by molar-refractivity contribution is -0.385. The smallest absolute Gasteiger partial charge is 0.431 e. The summed E-state index contributed by atoms with van der Waals surface area (Å²) < 4.78 is 59.6. The minimum atomic E-state index is -5.06. The highest BCUT2D eigenvalue weighted by Gasteiger charge is 2.35. The number of alkyl halides is 3. The van der Waals surface area contributed by atoms with Gasteiger partial charge in [0.25, 0.3) is 5.56 Å². The molecule has 0 saturated carbocycles. The van der Waals surface area contributed by atoms with E-state index in [2.05, 4.69) is 4.89 Å². The van der Waals surface area contributed by atoms with Gasteiger partial charge in [0.2, 0.25) is 11.5 Å². The maximum atomic E-state index is 14.8. The van der Waals surface area contributed by atoms with Crippen molar-refractivity contribution in [2.45, 2.75) is 13.1 Å². The number of nitro benzene ring substituents is 1. The third-order valence-corrected chi connectivity index (χ3v) is 4.39. The third kappa shape index (κ3) is 5.13. The molecule has 0 aliphatic carbocycles. The maximum Gasteiger partial charge on any atom is 0.431 e. The molecular weight excluding hydrogens is 486 g/mol. The van der Waals surface area contributed by atoms with Crippen molar-refractivity contribution < 1.29 is 41.8 Å². The first-order chi connectivity index (χ1) is 16.3. The Hall–Kier alpha value is -4.69. The first-order valence-corrected chi connectivity index (χ1v) is 9.31. The van der Waals surface area contributed by atoms with Crippen LogP contribution in [0.4, 0.5) is 23.2 Å². The van der Waals surface area contributed by atoms with E-state index in [0.717, 1.165) is 6.92 Å². The Bertz CT molecular complexity index is 1450. The van der Waals surface area contributed by atoms with Gasteiger partial charge in [-0.2, -0.15) is 13.2 Å². The molecule has 0 amide bonds. The van der Waals surface area contributed by atoms with Gasteiger partial charge < -0.3 is 4.74 Å². The topological polar surface area (TPSA) is 132 Å². The molecule has 15 heteroatoms. The van der Waals surface area contributed by atoms with Crippen molar-refractivity contribution in [2.24, 2.45) is 7.05 Å². The maximum absolute atomic E-state index is 14.8. The third-order valence-electron chi connectivity index (χ3n) is 4.39. The van der Waals surface area contributed by atoms with Crippen LogP contribution in [0.2, 0.25) is 0 Å². The zero-order valence-electron chi connectivity index (χ0n) is 17.7. The lowest BCUT2D eigenvalue weighted by Gasteiger charge is -2.15. The molecule has 0 atom stereocenters. The molecule has 0 saturated heterocycles. The van der Waals surface area contributed by atoms with Gasteiger partial charge in [0, 0.05) is 26.1 Å². The number of nitro groups is 1. The van der Waals surface area contributed by atoms with Gasteiger partial charge in [0.15, 0.2) is 11.6 Å². The minimum Gasteiger partial charge on any atom is -0.446 e. The van der Waals surface area contributed by atoms with Gasteiger partial charge in [-0.05, 0) is 12.1 Å². The molecular formula is C20H13F4N3O8. The molecule has 0 radical (unpaired) electrons. The molecule has 2 aromatic carbocycles. The first-order valence-electron chi connectivity index (χ1n) is 9.31. The Balaban J connectivity index is 2.20. The number of nitrogens with zero attached hydrogens (tertiary/aromatic N) is 3. The van der Waals surface area contributed by atoms with Gasteiger partial charge in [0.05, 0.1) is 16.7 Å². The van der Waals surface area contributed by atoms with Gasteiger partial charge in [-0.1, -0.05) is 12.1 Å². The van der Waals surface area contributed by atoms with Gasteiger partial charge in [-0.25, -0.2) is 18.5 Å². The summed E-state index contributed by atoms with van der Waals surface area (Å²) in [4.78, 5) is 55.4. The molecule has 1 aromatic heterocycles. The zero-order chi connectivity index (χ0) is 26.1. The Morgan fingerprint density at radius 3 is 2.26 bits per heavy atom. The van der Waals surface area contributed by atoms with Gasteiger partial charge in [-0.15, -0.1) is 0 Å². The van der Waals surface area contributed by atoms with Crippen molar-refractivity contribution in [1.29, 1.82) is 0 Å². The number of hydrogen-bond donors (Lipinski definition) is 0. The van der Waals surface area contributed by atoms with Crippen molar-refractivity contribution in [3.63, 3.8) is 0 Å². The molecule has 0 spiro atoms. The molecule has 0 aliphatic rings. The number of carbonyl (C=O) groups is 1. The van der Waals surface area contributed by atoms with Crippen LogP contribution in [-0.4, -0.2) is 20.0 Å². The molecule has 3 aromatic rings. The zero-order valence-corrected chi connectivity index (χ0v) is 17.7. The van der Waals surface area contributed by atoms with Gasteiger partial charge in [0.1, 0.15) is 5.69 Å². The van der Waals surface area contributed by atoms with Crippen LogP contribution in [-0.2, 0) is 22.9 Å². The first kappa shape index (κ1) is 24.9. The second-order valence-electron chi connectivity index (χ2n) is 6.78. The van der Waals surface area contributed by atoms with Crippen LogP contribution in [0.1, 0.15) is 12.6 Å². The van der Waals surface area contributed by atoms with Crippen molar-refractivity contribution in [2.75, 3.05) is 0 Å². The summed E-state index contributed by atoms with van der Waals surface area (Å²) >= 11 is 0. The van der Waals surface area contributed by atoms with Crippen molar-refractivity contribution in [3.8, 4) is 22.9 Å². The van der Waals surface area contributed by atoms with E-state index in [0.29, 0.717) is 19.2 Å². The molecule has 0 fully saturated rings. The summed E-state index contributed by atoms with van der Waals surface area (Å²) in [7, 11) is 0.713. The number of ether oxygens (including phenoxy) is 1. The second kappa shape index (κ2) is 9.28. The molecule has 11 nitrogen and oxygen atoms in total. The highest BCUT2D eigenvalue weighted by atomic mass is 19.4. The molecule has 0 N–H and O–H groups in total. The largest absolute Gasteiger partial charge is 0.446 e. The van der Waals surface area contributed by atoms with E-state index >= 15 is 0 Å². The average Bonchev–Trinajstić information content (AvgIpc) is 2.76. The van der Waals surface area contributed by atoms with E-state index < -0.39 is 57.0 Å². The molecule has 0 unspecified atom stereocenters. The second-order valence-corrected chi connectivity index (χ2v) is 6.78. The van der Waals surface area contributed by atoms with E-state index in [-0.39, 0.29) is 26.7 Å². The monoisotopic (exact) mass is 499 g/mol. The van der Waals surface area contributed by atoms with Crippen LogP contribution in [0, 0.1) is 15.9 Å². The number of benzene rings is 2. The Labute approximate surface area is 191 Å². The number of para-hydroxylation sites is 2. The van der Waals surface area contributed by atoms with Crippen LogP contribution in [0.5, 0.6) is 17.2 Å². The van der Waals surface area contributed by atoms with Gasteiger partial charge in [-0.3, -0.25) is 29.3 Å². The highest BCUT2D eigenvalue weighted by Crippen LogP contribution is 2.38. The Kier molecular flexibility index (Phi) is 6.61. The van der Waals surface area contributed by atoms with Crippen molar-refractivity contribution >= 4 is 11.7 Å². The quantitative estimate of drug-likeness (QED) is 0.219. The number of hydrogen-bond acceptors (Lipinski definition) is 8. The van der Waals surface area contributed by atoms with Crippen LogP contribution in [0.3, 0.4) is 0 Å². The summed E-state index contributed by atoms with van der Waals surface area (Å²) in [6, 6.07) is 6.31. The summed E-state index contributed by atoms with van der Waals surface area (Å²) in [6.45, 7) is 1.03. The number of rotatable bonds is 6. The SMILES string of the molecule is CC(=O)OOc1ccccc1Oc1cc(-n2c(=O)cc(C(F)(F)F)n(C)c2=O)c(F)cc1[N+](=O)[O-]. The number of halogens is 4. The Morgan fingerprint density at radius 1 is 1.06 bits per heavy atom. The summed E-state index contributed by atoms with van der Waals surface area (Å²) in [6.07, 6.45) is -5.06. The van der Waals surface area contributed by atoms with Crippen LogP contribution < -0.4 is 20.9 Å². The summed E-state index contributed by atoms with van der Waals surface area (Å²) in [5, 5.41) is 11.5. The predicted molar refractivity (Wildman–Crippen MR) is 108 cm³/mol. The lowest BCUT2D eigenvalue weighted by atomic mass is 10.2. The number of carbonyl (C=O) groups excluding carboxylic acids is 1. The van der Waals surface area contributed by atoms with Gasteiger partial charge >= 0.3 is 23.5 Å². The van der Waals surface area contributed by atoms with Crippen LogP contribution in [0.15, 0.2) is 52.1 Å². The molecule has 1 heterocycles. The molecule has 0 aliphatic heterocycles. The fourth-order valence-corrected chi connectivity index (χ4v) is 2.87. The van der Waals surface area contributed by atoms with E-state index in [9.17, 15) is 42.1 Å². The standard InChI is InChI=1S/C20H13F4N3O8/c1-10(28)34-35-15-6-4-3-5-14(15)33-16-8-12(11(21)7-13(16)27(31)32)26-18(29)9-17(20(22,23)24)25(2)19(26)30/h3-9H,1-2H3. The predicted octanol–water partition coefficient (Wildman–Crippen LogP) is 3.25.